The maximum Gasteiger partial charge on any atom is 0.282 e. The molecule has 3 aromatic rings. The summed E-state index contributed by atoms with van der Waals surface area (Å²) in [5.41, 5.74) is 1.25. The third-order valence-corrected chi connectivity index (χ3v) is 5.35. The summed E-state index contributed by atoms with van der Waals surface area (Å²) < 4.78 is 1.43. The second-order valence-electron chi connectivity index (χ2n) is 6.89. The molecular weight excluding hydrogens is 362 g/mol. The van der Waals surface area contributed by atoms with Crippen LogP contribution in [0.4, 0.5) is 0 Å². The Hall–Kier alpha value is -2.66. The number of phenols is 1. The number of hydrogen-bond acceptors (Lipinski definition) is 4. The van der Waals surface area contributed by atoms with Gasteiger partial charge in [-0.2, -0.15) is 9.78 Å². The lowest BCUT2D eigenvalue weighted by Crippen LogP contribution is -2.25. The van der Waals surface area contributed by atoms with E-state index in [1.54, 1.807) is 24.4 Å². The number of fused-ring (bicyclic) bond motifs is 1. The molecule has 0 unspecified atom stereocenters. The van der Waals surface area contributed by atoms with Crippen LogP contribution in [0.3, 0.4) is 0 Å². The van der Waals surface area contributed by atoms with Gasteiger partial charge in [0, 0.05) is 5.92 Å². The van der Waals surface area contributed by atoms with Gasteiger partial charge in [0.2, 0.25) is 0 Å². The highest BCUT2D eigenvalue weighted by Gasteiger charge is 2.22. The van der Waals surface area contributed by atoms with Crippen LogP contribution < -0.4 is 5.56 Å². The van der Waals surface area contributed by atoms with Crippen LogP contribution in [0.25, 0.3) is 10.9 Å². The zero-order chi connectivity index (χ0) is 18.8. The van der Waals surface area contributed by atoms with Crippen molar-refractivity contribution in [1.29, 1.82) is 0 Å². The quantitative estimate of drug-likeness (QED) is 0.669. The van der Waals surface area contributed by atoms with E-state index in [2.05, 4.69) is 5.10 Å². The summed E-state index contributed by atoms with van der Waals surface area (Å²) in [6, 6.07) is 12.2. The van der Waals surface area contributed by atoms with Gasteiger partial charge in [-0.15, -0.1) is 0 Å². The maximum absolute atomic E-state index is 13.1. The van der Waals surface area contributed by atoms with E-state index in [1.807, 2.05) is 18.2 Å². The van der Waals surface area contributed by atoms with Crippen LogP contribution in [0.15, 0.2) is 52.4 Å². The number of aromatic nitrogens is 2. The third-order valence-electron chi connectivity index (χ3n) is 5.04. The predicted molar refractivity (Wildman–Crippen MR) is 108 cm³/mol. The van der Waals surface area contributed by atoms with Crippen LogP contribution in [-0.2, 0) is 0 Å². The van der Waals surface area contributed by atoms with Crippen molar-refractivity contribution in [2.75, 3.05) is 0 Å². The van der Waals surface area contributed by atoms with Gasteiger partial charge in [-0.1, -0.05) is 43.0 Å². The van der Waals surface area contributed by atoms with Gasteiger partial charge in [0.25, 0.3) is 5.56 Å². The van der Waals surface area contributed by atoms with Gasteiger partial charge < -0.3 is 5.11 Å². The Balaban J connectivity index is 1.83. The molecule has 5 nitrogen and oxygen atoms in total. The van der Waals surface area contributed by atoms with Crippen LogP contribution in [0.2, 0.25) is 5.02 Å². The number of aromatic hydroxyl groups is 1. The molecule has 1 saturated carbocycles. The standard InChI is InChI=1S/C21H20ClN3O2/c22-17-12-14(10-11-19(17)26)13-23-25-20(15-6-2-1-3-7-15)24-18-9-5-4-8-16(18)21(25)27/h4-5,8-13,15,26H,1-3,6-7H2. The van der Waals surface area contributed by atoms with Crippen LogP contribution in [0, 0.1) is 0 Å². The molecule has 6 heteroatoms. The average molecular weight is 382 g/mol. The molecule has 1 N–H and O–H groups in total. The summed E-state index contributed by atoms with van der Waals surface area (Å²) in [6.45, 7) is 0. The van der Waals surface area contributed by atoms with E-state index >= 15 is 0 Å². The first kappa shape index (κ1) is 17.7. The fourth-order valence-corrected chi connectivity index (χ4v) is 3.79. The second kappa shape index (κ2) is 7.53. The number of halogens is 1. The Morgan fingerprint density at radius 3 is 2.70 bits per heavy atom. The minimum Gasteiger partial charge on any atom is -0.506 e. The summed E-state index contributed by atoms with van der Waals surface area (Å²) in [7, 11) is 0. The minimum absolute atomic E-state index is 0.0150. The Morgan fingerprint density at radius 1 is 1.15 bits per heavy atom. The summed E-state index contributed by atoms with van der Waals surface area (Å²) in [5.74, 6) is 0.970. The molecule has 1 aliphatic rings. The molecule has 2 aromatic carbocycles. The molecule has 0 aliphatic heterocycles. The first-order valence-corrected chi connectivity index (χ1v) is 9.56. The van der Waals surface area contributed by atoms with E-state index in [1.165, 1.54) is 17.2 Å². The summed E-state index contributed by atoms with van der Waals surface area (Å²) in [4.78, 5) is 17.9. The van der Waals surface area contributed by atoms with Crippen molar-refractivity contribution in [3.8, 4) is 5.75 Å². The molecule has 0 saturated heterocycles. The van der Waals surface area contributed by atoms with E-state index in [4.69, 9.17) is 16.6 Å². The van der Waals surface area contributed by atoms with Gasteiger partial charge in [-0.05, 0) is 48.7 Å². The van der Waals surface area contributed by atoms with E-state index in [-0.39, 0.29) is 22.2 Å². The van der Waals surface area contributed by atoms with Crippen molar-refractivity contribution in [3.05, 3.63) is 69.2 Å². The Kier molecular flexibility index (Phi) is 4.94. The number of hydrogen-bond donors (Lipinski definition) is 1. The molecule has 1 aliphatic carbocycles. The molecule has 0 bridgehead atoms. The summed E-state index contributed by atoms with van der Waals surface area (Å²) in [6.07, 6.45) is 7.13. The van der Waals surface area contributed by atoms with Crippen LogP contribution in [-0.4, -0.2) is 21.0 Å². The van der Waals surface area contributed by atoms with E-state index in [0.717, 1.165) is 31.5 Å². The first-order chi connectivity index (χ1) is 13.1. The van der Waals surface area contributed by atoms with Gasteiger partial charge in [-0.25, -0.2) is 4.98 Å². The average Bonchev–Trinajstić information content (AvgIpc) is 2.70. The molecule has 138 valence electrons. The molecule has 27 heavy (non-hydrogen) atoms. The van der Waals surface area contributed by atoms with Crippen LogP contribution in [0.5, 0.6) is 5.75 Å². The van der Waals surface area contributed by atoms with E-state index < -0.39 is 0 Å². The van der Waals surface area contributed by atoms with Crippen molar-refractivity contribution in [2.45, 2.75) is 38.0 Å². The van der Waals surface area contributed by atoms with Crippen LogP contribution >= 0.6 is 11.6 Å². The smallest absolute Gasteiger partial charge is 0.282 e. The lowest BCUT2D eigenvalue weighted by Gasteiger charge is -2.22. The zero-order valence-electron chi connectivity index (χ0n) is 14.8. The molecule has 0 amide bonds. The van der Waals surface area contributed by atoms with Gasteiger partial charge in [0.15, 0.2) is 0 Å². The van der Waals surface area contributed by atoms with Gasteiger partial charge in [0.1, 0.15) is 11.6 Å². The largest absolute Gasteiger partial charge is 0.506 e. The third kappa shape index (κ3) is 3.60. The fourth-order valence-electron chi connectivity index (χ4n) is 3.61. The highest BCUT2D eigenvalue weighted by Crippen LogP contribution is 2.31. The van der Waals surface area contributed by atoms with Crippen LogP contribution in [0.1, 0.15) is 49.4 Å². The van der Waals surface area contributed by atoms with Gasteiger partial charge in [-0.3, -0.25) is 4.79 Å². The van der Waals surface area contributed by atoms with Gasteiger partial charge in [0.05, 0.1) is 22.1 Å². The SMILES string of the molecule is O=c1c2ccccc2nc(C2CCCCC2)n1N=Cc1ccc(O)c(Cl)c1. The van der Waals surface area contributed by atoms with Crippen molar-refractivity contribution >= 4 is 28.7 Å². The zero-order valence-corrected chi connectivity index (χ0v) is 15.6. The molecule has 1 fully saturated rings. The number of benzene rings is 2. The Labute approximate surface area is 161 Å². The molecule has 1 heterocycles. The Morgan fingerprint density at radius 2 is 1.93 bits per heavy atom. The van der Waals surface area contributed by atoms with Crippen molar-refractivity contribution < 1.29 is 5.11 Å². The van der Waals surface area contributed by atoms with Crippen molar-refractivity contribution in [1.82, 2.24) is 9.66 Å². The summed E-state index contributed by atoms with van der Waals surface area (Å²) in [5, 5.41) is 14.8. The molecule has 4 rings (SSSR count). The monoisotopic (exact) mass is 381 g/mol. The van der Waals surface area contributed by atoms with E-state index in [9.17, 15) is 9.90 Å². The lowest BCUT2D eigenvalue weighted by molar-refractivity contribution is 0.416. The van der Waals surface area contributed by atoms with Gasteiger partial charge >= 0.3 is 0 Å². The second-order valence-corrected chi connectivity index (χ2v) is 7.30. The normalized spacial score (nSPS) is 15.6. The van der Waals surface area contributed by atoms with Crippen molar-refractivity contribution in [2.24, 2.45) is 5.10 Å². The number of nitrogens with zero attached hydrogens (tertiary/aromatic N) is 3. The molecule has 0 spiro atoms. The Bertz CT molecular complexity index is 1070. The maximum atomic E-state index is 13.1. The fraction of sp³-hybridized carbons (Fsp3) is 0.286. The first-order valence-electron chi connectivity index (χ1n) is 9.18. The number of rotatable bonds is 3. The molecule has 0 atom stereocenters. The topological polar surface area (TPSA) is 67.5 Å². The minimum atomic E-state index is -0.165. The predicted octanol–water partition coefficient (Wildman–Crippen LogP) is 4.69. The number of phenolic OH excluding ortho intramolecular Hbond substituents is 1. The summed E-state index contributed by atoms with van der Waals surface area (Å²) >= 11 is 5.97. The van der Waals surface area contributed by atoms with E-state index in [0.29, 0.717) is 16.5 Å². The number of para-hydroxylation sites is 1. The molecule has 0 radical (unpaired) electrons. The highest BCUT2D eigenvalue weighted by molar-refractivity contribution is 6.32. The molecule has 1 aromatic heterocycles. The highest BCUT2D eigenvalue weighted by atomic mass is 35.5. The van der Waals surface area contributed by atoms with Crippen molar-refractivity contribution in [3.63, 3.8) is 0 Å². The lowest BCUT2D eigenvalue weighted by atomic mass is 9.88. The molecular formula is C21H20ClN3O2.